The number of hydrogen-bond donors (Lipinski definition) is 0. The summed E-state index contributed by atoms with van der Waals surface area (Å²) in [6, 6.07) is 9.64. The third kappa shape index (κ3) is 1.47. The van der Waals surface area contributed by atoms with Crippen LogP contribution < -0.4 is 0 Å². The summed E-state index contributed by atoms with van der Waals surface area (Å²) in [5, 5.41) is 0. The van der Waals surface area contributed by atoms with E-state index < -0.39 is 0 Å². The van der Waals surface area contributed by atoms with Crippen molar-refractivity contribution in [3.8, 4) is 0 Å². The van der Waals surface area contributed by atoms with Crippen LogP contribution in [0.3, 0.4) is 0 Å². The molecule has 1 heterocycles. The molecule has 2 heteroatoms. The molecule has 1 atom stereocenters. The molecule has 13 heavy (non-hydrogen) atoms. The van der Waals surface area contributed by atoms with Crippen LogP contribution in [0.25, 0.3) is 0 Å². The van der Waals surface area contributed by atoms with E-state index in [1.54, 1.807) is 0 Å². The third-order valence-electron chi connectivity index (χ3n) is 2.16. The minimum atomic E-state index is -0.184. The Hall–Kier alpha value is -1.57. The first-order valence-electron chi connectivity index (χ1n) is 4.22. The summed E-state index contributed by atoms with van der Waals surface area (Å²) in [6.45, 7) is 3.64. The fourth-order valence-corrected chi connectivity index (χ4v) is 1.51. The second-order valence-corrected chi connectivity index (χ2v) is 3.13. The van der Waals surface area contributed by atoms with Crippen LogP contribution in [0.15, 0.2) is 42.7 Å². The summed E-state index contributed by atoms with van der Waals surface area (Å²) < 4.78 is 4.89. The van der Waals surface area contributed by atoms with Gasteiger partial charge in [-0.05, 0) is 5.56 Å². The van der Waals surface area contributed by atoms with Crippen molar-refractivity contribution in [1.82, 2.24) is 0 Å². The molecular formula is C11H10O2. The van der Waals surface area contributed by atoms with Crippen molar-refractivity contribution in [2.24, 2.45) is 0 Å². The van der Waals surface area contributed by atoms with Crippen molar-refractivity contribution in [3.63, 3.8) is 0 Å². The molecule has 0 radical (unpaired) electrons. The SMILES string of the molecule is C=C1CC(c2ccccc2)C(=O)O1. The normalized spacial score (nSPS) is 21.7. The number of esters is 1. The maximum atomic E-state index is 11.3. The Kier molecular flexibility index (Phi) is 1.89. The van der Waals surface area contributed by atoms with E-state index in [1.165, 1.54) is 0 Å². The average Bonchev–Trinajstić information content (AvgIpc) is 2.47. The summed E-state index contributed by atoms with van der Waals surface area (Å²) in [4.78, 5) is 11.3. The Labute approximate surface area is 76.8 Å². The second kappa shape index (κ2) is 3.05. The molecule has 1 aliphatic heterocycles. The molecular weight excluding hydrogens is 164 g/mol. The molecule has 1 aliphatic rings. The van der Waals surface area contributed by atoms with Crippen molar-refractivity contribution < 1.29 is 9.53 Å². The highest BCUT2D eigenvalue weighted by Gasteiger charge is 2.30. The minimum Gasteiger partial charge on any atom is -0.431 e. The van der Waals surface area contributed by atoms with Gasteiger partial charge in [0.05, 0.1) is 5.92 Å². The highest BCUT2D eigenvalue weighted by Crippen LogP contribution is 2.31. The van der Waals surface area contributed by atoms with Gasteiger partial charge in [0.1, 0.15) is 5.76 Å². The summed E-state index contributed by atoms with van der Waals surface area (Å²) in [6.07, 6.45) is 0.614. The zero-order chi connectivity index (χ0) is 9.26. The van der Waals surface area contributed by atoms with Crippen molar-refractivity contribution >= 4 is 5.97 Å². The van der Waals surface area contributed by atoms with Crippen LogP contribution in [0.5, 0.6) is 0 Å². The van der Waals surface area contributed by atoms with Crippen molar-refractivity contribution in [2.75, 3.05) is 0 Å². The molecule has 0 amide bonds. The predicted molar refractivity (Wildman–Crippen MR) is 49.0 cm³/mol. The van der Waals surface area contributed by atoms with Crippen molar-refractivity contribution in [1.29, 1.82) is 0 Å². The van der Waals surface area contributed by atoms with E-state index in [-0.39, 0.29) is 11.9 Å². The lowest BCUT2D eigenvalue weighted by Gasteiger charge is -2.03. The largest absolute Gasteiger partial charge is 0.431 e. The summed E-state index contributed by atoms with van der Waals surface area (Å²) in [5.41, 5.74) is 1.01. The topological polar surface area (TPSA) is 26.3 Å². The third-order valence-corrected chi connectivity index (χ3v) is 2.16. The molecule has 0 N–H and O–H groups in total. The highest BCUT2D eigenvalue weighted by molar-refractivity contribution is 5.81. The maximum Gasteiger partial charge on any atom is 0.318 e. The molecule has 0 saturated carbocycles. The fraction of sp³-hybridized carbons (Fsp3) is 0.182. The number of carbonyl (C=O) groups excluding carboxylic acids is 1. The molecule has 0 aliphatic carbocycles. The van der Waals surface area contributed by atoms with Crippen LogP contribution >= 0.6 is 0 Å². The number of allylic oxidation sites excluding steroid dienone is 1. The lowest BCUT2D eigenvalue weighted by molar-refractivity contribution is -0.136. The van der Waals surface area contributed by atoms with Crippen molar-refractivity contribution in [2.45, 2.75) is 12.3 Å². The van der Waals surface area contributed by atoms with Crippen LogP contribution in [0.1, 0.15) is 17.9 Å². The van der Waals surface area contributed by atoms with E-state index in [1.807, 2.05) is 30.3 Å². The van der Waals surface area contributed by atoms with Gasteiger partial charge in [0, 0.05) is 6.42 Å². The van der Waals surface area contributed by atoms with Crippen LogP contribution in [0.2, 0.25) is 0 Å². The van der Waals surface area contributed by atoms with Gasteiger partial charge in [0.2, 0.25) is 0 Å². The summed E-state index contributed by atoms with van der Waals surface area (Å²) in [7, 11) is 0. The first kappa shape index (κ1) is 8.05. The molecule has 66 valence electrons. The Balaban J connectivity index is 2.28. The fourth-order valence-electron chi connectivity index (χ4n) is 1.51. The van der Waals surface area contributed by atoms with Gasteiger partial charge in [-0.3, -0.25) is 4.79 Å². The number of cyclic esters (lactones) is 1. The number of ether oxygens (including phenoxy) is 1. The molecule has 1 unspecified atom stereocenters. The molecule has 2 nitrogen and oxygen atoms in total. The Morgan fingerprint density at radius 2 is 2.00 bits per heavy atom. The van der Waals surface area contributed by atoms with Gasteiger partial charge < -0.3 is 4.74 Å². The Bertz CT molecular complexity index is 340. The zero-order valence-corrected chi connectivity index (χ0v) is 7.19. The first-order chi connectivity index (χ1) is 6.27. The molecule has 0 spiro atoms. The van der Waals surface area contributed by atoms with E-state index >= 15 is 0 Å². The minimum absolute atomic E-state index is 0.145. The molecule has 1 aromatic carbocycles. The van der Waals surface area contributed by atoms with Crippen LogP contribution in [0, 0.1) is 0 Å². The first-order valence-corrected chi connectivity index (χ1v) is 4.22. The monoisotopic (exact) mass is 174 g/mol. The highest BCUT2D eigenvalue weighted by atomic mass is 16.5. The average molecular weight is 174 g/mol. The Morgan fingerprint density at radius 1 is 1.31 bits per heavy atom. The van der Waals surface area contributed by atoms with Crippen molar-refractivity contribution in [3.05, 3.63) is 48.2 Å². The zero-order valence-electron chi connectivity index (χ0n) is 7.19. The van der Waals surface area contributed by atoms with E-state index in [0.29, 0.717) is 12.2 Å². The molecule has 0 bridgehead atoms. The van der Waals surface area contributed by atoms with Gasteiger partial charge in [-0.1, -0.05) is 36.9 Å². The number of rotatable bonds is 1. The van der Waals surface area contributed by atoms with Crippen LogP contribution in [0.4, 0.5) is 0 Å². The molecule has 2 rings (SSSR count). The van der Waals surface area contributed by atoms with E-state index in [2.05, 4.69) is 6.58 Å². The van der Waals surface area contributed by atoms with E-state index in [0.717, 1.165) is 5.56 Å². The maximum absolute atomic E-state index is 11.3. The van der Waals surface area contributed by atoms with Gasteiger partial charge in [-0.15, -0.1) is 0 Å². The predicted octanol–water partition coefficient (Wildman–Crippen LogP) is 2.23. The lowest BCUT2D eigenvalue weighted by atomic mass is 9.97. The molecule has 1 fully saturated rings. The van der Waals surface area contributed by atoms with E-state index in [9.17, 15) is 4.79 Å². The van der Waals surface area contributed by atoms with Gasteiger partial charge >= 0.3 is 5.97 Å². The molecule has 1 aromatic rings. The standard InChI is InChI=1S/C11H10O2/c1-8-7-10(11(12)13-8)9-5-3-2-4-6-9/h2-6,10H,1,7H2. The van der Waals surface area contributed by atoms with Crippen LogP contribution in [-0.4, -0.2) is 5.97 Å². The van der Waals surface area contributed by atoms with Gasteiger partial charge in [0.25, 0.3) is 0 Å². The van der Waals surface area contributed by atoms with Crippen LogP contribution in [-0.2, 0) is 9.53 Å². The molecule has 1 saturated heterocycles. The second-order valence-electron chi connectivity index (χ2n) is 3.13. The van der Waals surface area contributed by atoms with Gasteiger partial charge in [-0.25, -0.2) is 0 Å². The van der Waals surface area contributed by atoms with Gasteiger partial charge in [-0.2, -0.15) is 0 Å². The smallest absolute Gasteiger partial charge is 0.318 e. The van der Waals surface area contributed by atoms with E-state index in [4.69, 9.17) is 4.74 Å². The number of carbonyl (C=O) groups is 1. The number of hydrogen-bond acceptors (Lipinski definition) is 2. The quantitative estimate of drug-likeness (QED) is 0.610. The number of benzene rings is 1. The summed E-state index contributed by atoms with van der Waals surface area (Å²) >= 11 is 0. The van der Waals surface area contributed by atoms with Gasteiger partial charge in [0.15, 0.2) is 0 Å². The Morgan fingerprint density at radius 3 is 2.54 bits per heavy atom. The summed E-state index contributed by atoms with van der Waals surface area (Å²) in [5.74, 6) is 0.240. The lowest BCUT2D eigenvalue weighted by Crippen LogP contribution is -2.04. The molecule has 0 aromatic heterocycles.